The van der Waals surface area contributed by atoms with Crippen molar-refractivity contribution in [3.05, 3.63) is 56.4 Å². The van der Waals surface area contributed by atoms with Gasteiger partial charge in [-0.2, -0.15) is 0 Å². The molecule has 2 aromatic rings. The van der Waals surface area contributed by atoms with Gasteiger partial charge in [-0.15, -0.1) is 11.3 Å². The third-order valence-electron chi connectivity index (χ3n) is 3.22. The predicted octanol–water partition coefficient (Wildman–Crippen LogP) is 4.17. The summed E-state index contributed by atoms with van der Waals surface area (Å²) in [6.45, 7) is 2.66. The lowest BCUT2D eigenvalue weighted by Gasteiger charge is -2.31. The molecular formula is C15H18BrFN2S. The van der Waals surface area contributed by atoms with Crippen LogP contribution in [0.5, 0.6) is 0 Å². The maximum atomic E-state index is 14.0. The van der Waals surface area contributed by atoms with Crippen LogP contribution in [0.15, 0.2) is 40.2 Å². The molecule has 0 saturated carbocycles. The van der Waals surface area contributed by atoms with E-state index in [0.717, 1.165) is 11.0 Å². The second-order valence-electron chi connectivity index (χ2n) is 4.97. The van der Waals surface area contributed by atoms with Gasteiger partial charge in [0.1, 0.15) is 5.82 Å². The van der Waals surface area contributed by atoms with Crippen molar-refractivity contribution in [3.8, 4) is 0 Å². The standard InChI is InChI=1S/C15H18BrFN2S/c1-10(18)15(13-5-3-4-6-14(13)17)19(2)8-12-7-11(16)9-20-12/h3-7,9-10,15H,8,18H2,1-2H3. The van der Waals surface area contributed by atoms with Crippen LogP contribution in [0.2, 0.25) is 0 Å². The van der Waals surface area contributed by atoms with E-state index in [-0.39, 0.29) is 17.9 Å². The van der Waals surface area contributed by atoms with Gasteiger partial charge in [0.05, 0.1) is 6.04 Å². The zero-order chi connectivity index (χ0) is 14.7. The van der Waals surface area contributed by atoms with Gasteiger partial charge in [0.15, 0.2) is 0 Å². The van der Waals surface area contributed by atoms with Crippen molar-refractivity contribution in [2.75, 3.05) is 7.05 Å². The van der Waals surface area contributed by atoms with E-state index in [0.29, 0.717) is 5.56 Å². The molecule has 2 rings (SSSR count). The third kappa shape index (κ3) is 3.67. The monoisotopic (exact) mass is 356 g/mol. The Morgan fingerprint density at radius 2 is 2.10 bits per heavy atom. The number of benzene rings is 1. The van der Waals surface area contributed by atoms with E-state index in [1.807, 2.05) is 31.5 Å². The van der Waals surface area contributed by atoms with Crippen molar-refractivity contribution < 1.29 is 4.39 Å². The summed E-state index contributed by atoms with van der Waals surface area (Å²) in [4.78, 5) is 3.32. The van der Waals surface area contributed by atoms with E-state index < -0.39 is 0 Å². The van der Waals surface area contributed by atoms with Crippen LogP contribution in [-0.4, -0.2) is 18.0 Å². The molecule has 2 atom stereocenters. The first kappa shape index (κ1) is 15.6. The molecule has 1 aromatic heterocycles. The lowest BCUT2D eigenvalue weighted by molar-refractivity contribution is 0.208. The van der Waals surface area contributed by atoms with Crippen LogP contribution in [0.3, 0.4) is 0 Å². The number of nitrogens with two attached hydrogens (primary N) is 1. The molecule has 0 saturated heterocycles. The van der Waals surface area contributed by atoms with Crippen molar-refractivity contribution in [3.63, 3.8) is 0 Å². The quantitative estimate of drug-likeness (QED) is 0.870. The third-order valence-corrected chi connectivity index (χ3v) is 4.91. The fourth-order valence-electron chi connectivity index (χ4n) is 2.42. The Balaban J connectivity index is 2.22. The molecular weight excluding hydrogens is 339 g/mol. The molecule has 2 nitrogen and oxygen atoms in total. The zero-order valence-electron chi connectivity index (χ0n) is 11.5. The largest absolute Gasteiger partial charge is 0.326 e. The molecule has 0 aliphatic heterocycles. The van der Waals surface area contributed by atoms with Crippen molar-refractivity contribution >= 4 is 27.3 Å². The van der Waals surface area contributed by atoms with Gasteiger partial charge >= 0.3 is 0 Å². The summed E-state index contributed by atoms with van der Waals surface area (Å²) in [5.74, 6) is -0.200. The summed E-state index contributed by atoms with van der Waals surface area (Å²) in [5, 5.41) is 2.05. The molecule has 0 fully saturated rings. The number of likely N-dealkylation sites (N-methyl/N-ethyl adjacent to an activating group) is 1. The SMILES string of the molecule is CC(N)C(c1ccccc1F)N(C)Cc1cc(Br)cs1. The predicted molar refractivity (Wildman–Crippen MR) is 86.3 cm³/mol. The van der Waals surface area contributed by atoms with Gasteiger partial charge in [-0.3, -0.25) is 4.90 Å². The van der Waals surface area contributed by atoms with E-state index >= 15 is 0 Å². The molecule has 0 amide bonds. The van der Waals surface area contributed by atoms with Gasteiger partial charge in [0, 0.05) is 32.9 Å². The van der Waals surface area contributed by atoms with Gasteiger partial charge in [-0.1, -0.05) is 18.2 Å². The maximum Gasteiger partial charge on any atom is 0.128 e. The van der Waals surface area contributed by atoms with E-state index in [1.54, 1.807) is 17.4 Å². The molecule has 0 aliphatic rings. The van der Waals surface area contributed by atoms with E-state index in [4.69, 9.17) is 5.73 Å². The average molecular weight is 357 g/mol. The van der Waals surface area contributed by atoms with Crippen LogP contribution in [0, 0.1) is 5.82 Å². The van der Waals surface area contributed by atoms with Crippen LogP contribution in [0.4, 0.5) is 4.39 Å². The molecule has 0 aliphatic carbocycles. The lowest BCUT2D eigenvalue weighted by Crippen LogP contribution is -2.37. The van der Waals surface area contributed by atoms with Crippen LogP contribution < -0.4 is 5.73 Å². The first-order valence-corrected chi connectivity index (χ1v) is 8.09. The van der Waals surface area contributed by atoms with Crippen molar-refractivity contribution in [2.24, 2.45) is 5.73 Å². The number of thiophene rings is 1. The number of nitrogens with zero attached hydrogens (tertiary/aromatic N) is 1. The van der Waals surface area contributed by atoms with Gasteiger partial charge in [-0.25, -0.2) is 4.39 Å². The highest BCUT2D eigenvalue weighted by Crippen LogP contribution is 2.28. The minimum atomic E-state index is -0.200. The molecule has 5 heteroatoms. The lowest BCUT2D eigenvalue weighted by atomic mass is 9.99. The minimum Gasteiger partial charge on any atom is -0.326 e. The Bertz CT molecular complexity index is 571. The highest BCUT2D eigenvalue weighted by Gasteiger charge is 2.24. The highest BCUT2D eigenvalue weighted by molar-refractivity contribution is 9.10. The highest BCUT2D eigenvalue weighted by atomic mass is 79.9. The Morgan fingerprint density at radius 1 is 1.40 bits per heavy atom. The van der Waals surface area contributed by atoms with E-state index in [2.05, 4.69) is 26.9 Å². The molecule has 0 spiro atoms. The average Bonchev–Trinajstić information content (AvgIpc) is 2.77. The van der Waals surface area contributed by atoms with Gasteiger partial charge < -0.3 is 5.73 Å². The first-order chi connectivity index (χ1) is 9.49. The van der Waals surface area contributed by atoms with Crippen LogP contribution in [0.1, 0.15) is 23.4 Å². The molecule has 0 bridgehead atoms. The minimum absolute atomic E-state index is 0.142. The number of hydrogen-bond acceptors (Lipinski definition) is 3. The molecule has 1 heterocycles. The van der Waals surface area contributed by atoms with Crippen LogP contribution >= 0.6 is 27.3 Å². The maximum absolute atomic E-state index is 14.0. The second-order valence-corrected chi connectivity index (χ2v) is 6.88. The van der Waals surface area contributed by atoms with E-state index in [9.17, 15) is 4.39 Å². The molecule has 2 unspecified atom stereocenters. The molecule has 0 radical (unpaired) electrons. The summed E-state index contributed by atoms with van der Waals surface area (Å²) >= 11 is 5.14. The van der Waals surface area contributed by atoms with E-state index in [1.165, 1.54) is 10.9 Å². The van der Waals surface area contributed by atoms with Crippen LogP contribution in [-0.2, 0) is 6.54 Å². The summed E-state index contributed by atoms with van der Waals surface area (Å²) in [5.41, 5.74) is 6.74. The Labute approximate surface area is 131 Å². The summed E-state index contributed by atoms with van der Waals surface area (Å²) in [6.07, 6.45) is 0. The Kier molecular flexibility index (Phi) is 5.32. The van der Waals surface area contributed by atoms with Gasteiger partial charge in [0.25, 0.3) is 0 Å². The fourth-order valence-corrected chi connectivity index (χ4v) is 3.93. The first-order valence-electron chi connectivity index (χ1n) is 6.42. The van der Waals surface area contributed by atoms with Crippen molar-refractivity contribution in [1.29, 1.82) is 0 Å². The Hall–Kier alpha value is -0.750. The molecule has 20 heavy (non-hydrogen) atoms. The van der Waals surface area contributed by atoms with Crippen molar-refractivity contribution in [1.82, 2.24) is 4.90 Å². The number of hydrogen-bond donors (Lipinski definition) is 1. The Morgan fingerprint density at radius 3 is 2.65 bits per heavy atom. The molecule has 2 N–H and O–H groups in total. The second kappa shape index (κ2) is 6.80. The van der Waals surface area contributed by atoms with Crippen LogP contribution in [0.25, 0.3) is 0 Å². The topological polar surface area (TPSA) is 29.3 Å². The number of rotatable bonds is 5. The van der Waals surface area contributed by atoms with Crippen molar-refractivity contribution in [2.45, 2.75) is 25.6 Å². The smallest absolute Gasteiger partial charge is 0.128 e. The number of halogens is 2. The summed E-state index contributed by atoms with van der Waals surface area (Å²) < 4.78 is 15.1. The molecule has 108 valence electrons. The van der Waals surface area contributed by atoms with Gasteiger partial charge in [-0.05, 0) is 42.0 Å². The zero-order valence-corrected chi connectivity index (χ0v) is 13.9. The van der Waals surface area contributed by atoms with Gasteiger partial charge in [0.2, 0.25) is 0 Å². The normalized spacial score (nSPS) is 14.5. The molecule has 1 aromatic carbocycles. The fraction of sp³-hybridized carbons (Fsp3) is 0.333. The summed E-state index contributed by atoms with van der Waals surface area (Å²) in [7, 11) is 1.98. The summed E-state index contributed by atoms with van der Waals surface area (Å²) in [6, 6.07) is 8.64.